The first-order chi connectivity index (χ1) is 13.3. The van der Waals surface area contributed by atoms with Gasteiger partial charge < -0.3 is 14.9 Å². The van der Waals surface area contributed by atoms with Gasteiger partial charge in [0, 0.05) is 23.7 Å². The van der Waals surface area contributed by atoms with Gasteiger partial charge in [0.1, 0.15) is 23.7 Å². The van der Waals surface area contributed by atoms with Gasteiger partial charge in [0.05, 0.1) is 0 Å². The summed E-state index contributed by atoms with van der Waals surface area (Å²) in [5.74, 6) is 0.830. The second-order valence-electron chi connectivity index (χ2n) is 8.24. The van der Waals surface area contributed by atoms with Gasteiger partial charge in [0.15, 0.2) is 0 Å². The van der Waals surface area contributed by atoms with E-state index in [1.54, 1.807) is 0 Å². The first kappa shape index (κ1) is 20.2. The zero-order valence-corrected chi connectivity index (χ0v) is 17.5. The number of nitrogens with one attached hydrogen (secondary N) is 1. The fourth-order valence-electron chi connectivity index (χ4n) is 2.99. The molecule has 3 rings (SSSR count). The van der Waals surface area contributed by atoms with Gasteiger partial charge in [0.25, 0.3) is 0 Å². The Balaban J connectivity index is 1.79. The van der Waals surface area contributed by atoms with Crippen LogP contribution in [0.5, 0.6) is 5.75 Å². The Labute approximate surface area is 168 Å². The summed E-state index contributed by atoms with van der Waals surface area (Å²) >= 11 is 0. The molecule has 4 nitrogen and oxygen atoms in total. The van der Waals surface area contributed by atoms with Crippen molar-refractivity contribution in [3.05, 3.63) is 65.7 Å². The average Bonchev–Trinajstić information content (AvgIpc) is 2.95. The second-order valence-corrected chi connectivity index (χ2v) is 8.24. The molecule has 0 spiro atoms. The maximum Gasteiger partial charge on any atom is 0.129 e. The van der Waals surface area contributed by atoms with E-state index in [1.807, 2.05) is 39.0 Å². The number of hydrogen-bond donors (Lipinski definition) is 1. The maximum atomic E-state index is 5.92. The molecule has 148 valence electrons. The van der Waals surface area contributed by atoms with Crippen molar-refractivity contribution in [1.29, 1.82) is 0 Å². The highest BCUT2D eigenvalue weighted by molar-refractivity contribution is 6.24. The molecule has 0 aliphatic heterocycles. The number of rotatable bonds is 7. The van der Waals surface area contributed by atoms with E-state index in [9.17, 15) is 0 Å². The lowest BCUT2D eigenvalue weighted by atomic mass is 10.1. The van der Waals surface area contributed by atoms with E-state index in [1.165, 1.54) is 5.56 Å². The Kier molecular flexibility index (Phi) is 6.20. The summed E-state index contributed by atoms with van der Waals surface area (Å²) in [7, 11) is 0. The van der Waals surface area contributed by atoms with Crippen molar-refractivity contribution in [2.24, 2.45) is 5.16 Å². The number of nitrogens with zero attached hydrogens (tertiary/aromatic N) is 1. The summed E-state index contributed by atoms with van der Waals surface area (Å²) in [5, 5.41) is 7.84. The molecule has 0 radical (unpaired) electrons. The molecule has 0 heterocycles. The number of oxime groups is 1. The molecule has 0 saturated carbocycles. The third-order valence-corrected chi connectivity index (χ3v) is 4.29. The lowest BCUT2D eigenvalue weighted by Crippen LogP contribution is -2.22. The van der Waals surface area contributed by atoms with Crippen LogP contribution in [0.4, 0.5) is 0 Å². The Morgan fingerprint density at radius 1 is 0.964 bits per heavy atom. The SMILES string of the molecule is CC(C)NC/C=C\COc1ccc2c(c1)/C(=N\OC(C)(C)C)c1ccccc1-2. The minimum Gasteiger partial charge on any atom is -0.490 e. The van der Waals surface area contributed by atoms with Crippen molar-refractivity contribution in [2.75, 3.05) is 13.2 Å². The van der Waals surface area contributed by atoms with Crippen LogP contribution in [0.2, 0.25) is 0 Å². The van der Waals surface area contributed by atoms with Crippen LogP contribution < -0.4 is 10.1 Å². The molecule has 0 unspecified atom stereocenters. The minimum absolute atomic E-state index is 0.340. The van der Waals surface area contributed by atoms with Gasteiger partial charge >= 0.3 is 0 Å². The Bertz CT molecular complexity index is 876. The van der Waals surface area contributed by atoms with Crippen LogP contribution in [0.15, 0.2) is 59.8 Å². The van der Waals surface area contributed by atoms with Gasteiger partial charge in [-0.05, 0) is 50.1 Å². The summed E-state index contributed by atoms with van der Waals surface area (Å²) in [6.45, 7) is 11.7. The van der Waals surface area contributed by atoms with E-state index < -0.39 is 0 Å². The largest absolute Gasteiger partial charge is 0.490 e. The van der Waals surface area contributed by atoms with Crippen molar-refractivity contribution in [2.45, 2.75) is 46.3 Å². The molecule has 2 aromatic rings. The Morgan fingerprint density at radius 3 is 2.39 bits per heavy atom. The van der Waals surface area contributed by atoms with Crippen molar-refractivity contribution < 1.29 is 9.57 Å². The molecular formula is C24H30N2O2. The Hall–Kier alpha value is -2.59. The average molecular weight is 379 g/mol. The van der Waals surface area contributed by atoms with Gasteiger partial charge in [-0.1, -0.05) is 55.4 Å². The van der Waals surface area contributed by atoms with E-state index in [-0.39, 0.29) is 5.60 Å². The zero-order chi connectivity index (χ0) is 20.1. The van der Waals surface area contributed by atoms with E-state index in [0.29, 0.717) is 12.6 Å². The number of hydrogen-bond acceptors (Lipinski definition) is 4. The van der Waals surface area contributed by atoms with Gasteiger partial charge in [-0.15, -0.1) is 0 Å². The number of fused-ring (bicyclic) bond motifs is 3. The fourth-order valence-corrected chi connectivity index (χ4v) is 2.99. The summed E-state index contributed by atoms with van der Waals surface area (Å²) in [4.78, 5) is 5.74. The predicted molar refractivity (Wildman–Crippen MR) is 116 cm³/mol. The maximum absolute atomic E-state index is 5.92. The van der Waals surface area contributed by atoms with Crippen molar-refractivity contribution in [3.63, 3.8) is 0 Å². The standard InChI is InChI=1S/C24H30N2O2/c1-17(2)25-14-8-9-15-27-18-12-13-20-19-10-6-7-11-21(19)23(22(20)16-18)26-28-24(3,4)5/h6-13,16-17,25H,14-15H2,1-5H3/b9-8-,26-23-. The number of ether oxygens (including phenoxy) is 1. The third kappa shape index (κ3) is 5.02. The van der Waals surface area contributed by atoms with Crippen LogP contribution in [0.1, 0.15) is 45.7 Å². The van der Waals surface area contributed by atoms with Crippen molar-refractivity contribution >= 4 is 5.71 Å². The predicted octanol–water partition coefficient (Wildman–Crippen LogP) is 5.17. The van der Waals surface area contributed by atoms with Crippen molar-refractivity contribution in [1.82, 2.24) is 5.32 Å². The molecule has 4 heteroatoms. The van der Waals surface area contributed by atoms with Crippen LogP contribution >= 0.6 is 0 Å². The highest BCUT2D eigenvalue weighted by atomic mass is 16.6. The van der Waals surface area contributed by atoms with E-state index in [2.05, 4.69) is 60.7 Å². The van der Waals surface area contributed by atoms with E-state index >= 15 is 0 Å². The van der Waals surface area contributed by atoms with Gasteiger partial charge in [-0.25, -0.2) is 0 Å². The second kappa shape index (κ2) is 8.61. The van der Waals surface area contributed by atoms with Crippen LogP contribution in [-0.2, 0) is 4.84 Å². The van der Waals surface area contributed by atoms with Crippen LogP contribution in [0.3, 0.4) is 0 Å². The molecule has 0 fully saturated rings. The summed E-state index contributed by atoms with van der Waals surface area (Å²) in [6.07, 6.45) is 4.13. The van der Waals surface area contributed by atoms with E-state index in [0.717, 1.165) is 34.7 Å². The van der Waals surface area contributed by atoms with E-state index in [4.69, 9.17) is 9.57 Å². The molecule has 1 aliphatic rings. The van der Waals surface area contributed by atoms with Crippen molar-refractivity contribution in [3.8, 4) is 16.9 Å². The Morgan fingerprint density at radius 2 is 1.68 bits per heavy atom. The molecule has 0 atom stereocenters. The monoisotopic (exact) mass is 378 g/mol. The van der Waals surface area contributed by atoms with Gasteiger partial charge in [-0.2, -0.15) is 0 Å². The summed E-state index contributed by atoms with van der Waals surface area (Å²) in [5.41, 5.74) is 5.01. The zero-order valence-electron chi connectivity index (χ0n) is 17.5. The molecule has 28 heavy (non-hydrogen) atoms. The lowest BCUT2D eigenvalue weighted by Gasteiger charge is -2.16. The molecule has 2 aromatic carbocycles. The molecule has 1 aliphatic carbocycles. The summed E-state index contributed by atoms with van der Waals surface area (Å²) in [6, 6.07) is 15.0. The van der Waals surface area contributed by atoms with Crippen LogP contribution in [-0.4, -0.2) is 30.5 Å². The summed E-state index contributed by atoms with van der Waals surface area (Å²) < 4.78 is 5.92. The first-order valence-corrected chi connectivity index (χ1v) is 9.87. The fraction of sp³-hybridized carbons (Fsp3) is 0.375. The first-order valence-electron chi connectivity index (χ1n) is 9.87. The molecular weight excluding hydrogens is 348 g/mol. The molecule has 0 aromatic heterocycles. The molecule has 0 saturated heterocycles. The smallest absolute Gasteiger partial charge is 0.129 e. The lowest BCUT2D eigenvalue weighted by molar-refractivity contribution is 0.00121. The normalized spacial score (nSPS) is 14.6. The molecule has 0 amide bonds. The third-order valence-electron chi connectivity index (χ3n) is 4.29. The topological polar surface area (TPSA) is 42.8 Å². The molecule has 1 N–H and O–H groups in total. The van der Waals surface area contributed by atoms with Gasteiger partial charge in [-0.3, -0.25) is 0 Å². The van der Waals surface area contributed by atoms with Crippen LogP contribution in [0.25, 0.3) is 11.1 Å². The quantitative estimate of drug-likeness (QED) is 0.456. The van der Waals surface area contributed by atoms with Gasteiger partial charge in [0.2, 0.25) is 0 Å². The minimum atomic E-state index is -0.340. The van der Waals surface area contributed by atoms with Crippen LogP contribution in [0, 0.1) is 0 Å². The molecule has 0 bridgehead atoms. The number of benzene rings is 2. The highest BCUT2D eigenvalue weighted by Crippen LogP contribution is 2.39. The highest BCUT2D eigenvalue weighted by Gasteiger charge is 2.26.